The van der Waals surface area contributed by atoms with Gasteiger partial charge in [0.1, 0.15) is 10.6 Å². The quantitative estimate of drug-likeness (QED) is 0.716. The molecule has 1 aliphatic heterocycles. The van der Waals surface area contributed by atoms with Crippen LogP contribution in [0.25, 0.3) is 5.57 Å². The van der Waals surface area contributed by atoms with Crippen LogP contribution in [0, 0.1) is 13.8 Å². The van der Waals surface area contributed by atoms with Crippen molar-refractivity contribution in [2.45, 2.75) is 64.4 Å². The Morgan fingerprint density at radius 3 is 2.48 bits per heavy atom. The zero-order chi connectivity index (χ0) is 22.9. The monoisotopic (exact) mass is 449 g/mol. The summed E-state index contributed by atoms with van der Waals surface area (Å²) in [6, 6.07) is -0.654. The number of nitrogens with one attached hydrogen (secondary N) is 1. The van der Waals surface area contributed by atoms with Crippen molar-refractivity contribution in [1.29, 1.82) is 0 Å². The van der Waals surface area contributed by atoms with Crippen LogP contribution in [0.15, 0.2) is 17.2 Å². The third-order valence-corrected chi connectivity index (χ3v) is 7.33. The molecule has 0 radical (unpaired) electrons. The molecular weight excluding hydrogens is 418 g/mol. The van der Waals surface area contributed by atoms with Crippen molar-refractivity contribution in [3.05, 3.63) is 29.4 Å². The maximum absolute atomic E-state index is 13.0. The molecule has 11 heteroatoms. The van der Waals surface area contributed by atoms with Crippen molar-refractivity contribution in [1.82, 2.24) is 34.4 Å². The third-order valence-electron chi connectivity index (χ3n) is 5.53. The van der Waals surface area contributed by atoms with E-state index in [-0.39, 0.29) is 16.8 Å². The van der Waals surface area contributed by atoms with E-state index in [0.717, 1.165) is 11.3 Å². The molecule has 1 aliphatic rings. The number of hydrogen-bond donors (Lipinski definition) is 1. The van der Waals surface area contributed by atoms with Gasteiger partial charge in [-0.2, -0.15) is 9.82 Å². The molecule has 31 heavy (non-hydrogen) atoms. The van der Waals surface area contributed by atoms with E-state index in [9.17, 15) is 13.2 Å². The van der Waals surface area contributed by atoms with Crippen molar-refractivity contribution in [2.75, 3.05) is 13.1 Å². The van der Waals surface area contributed by atoms with Crippen LogP contribution in [0.1, 0.15) is 56.7 Å². The highest BCUT2D eigenvalue weighted by Gasteiger charge is 2.30. The van der Waals surface area contributed by atoms with E-state index in [0.29, 0.717) is 37.3 Å². The summed E-state index contributed by atoms with van der Waals surface area (Å²) in [7, 11) is -2.17. The lowest BCUT2D eigenvalue weighted by atomic mass is 10.1. The van der Waals surface area contributed by atoms with Gasteiger partial charge in [0.15, 0.2) is 0 Å². The summed E-state index contributed by atoms with van der Waals surface area (Å²) in [5, 5.41) is 12.6. The number of sulfonamides is 1. The number of aryl methyl sites for hydroxylation is 2. The molecule has 170 valence electrons. The van der Waals surface area contributed by atoms with Gasteiger partial charge in [-0.15, -0.1) is 5.10 Å². The highest BCUT2D eigenvalue weighted by atomic mass is 32.2. The van der Waals surface area contributed by atoms with Crippen LogP contribution in [-0.4, -0.2) is 63.1 Å². The summed E-state index contributed by atoms with van der Waals surface area (Å²) >= 11 is 0. The predicted molar refractivity (Wildman–Crippen MR) is 117 cm³/mol. The average molecular weight is 450 g/mol. The van der Waals surface area contributed by atoms with Crippen LogP contribution in [-0.2, 0) is 21.9 Å². The molecule has 1 unspecified atom stereocenters. The van der Waals surface area contributed by atoms with Crippen molar-refractivity contribution in [3.63, 3.8) is 0 Å². The van der Waals surface area contributed by atoms with Gasteiger partial charge in [0.05, 0.1) is 23.6 Å². The molecule has 0 aliphatic carbocycles. The van der Waals surface area contributed by atoms with Gasteiger partial charge in [0.2, 0.25) is 15.9 Å². The largest absolute Gasteiger partial charge is 0.341 e. The number of nitrogens with zero attached hydrogens (tertiary/aromatic N) is 6. The van der Waals surface area contributed by atoms with E-state index >= 15 is 0 Å². The van der Waals surface area contributed by atoms with Crippen LogP contribution < -0.4 is 4.72 Å². The Bertz CT molecular complexity index is 1100. The molecule has 1 N–H and O–H groups in total. The van der Waals surface area contributed by atoms with E-state index in [1.165, 1.54) is 4.68 Å². The first-order chi connectivity index (χ1) is 14.5. The van der Waals surface area contributed by atoms with Gasteiger partial charge in [-0.05, 0) is 53.0 Å². The number of aromatic nitrogens is 5. The second kappa shape index (κ2) is 8.91. The van der Waals surface area contributed by atoms with E-state index in [1.807, 2.05) is 24.7 Å². The third kappa shape index (κ3) is 4.87. The average Bonchev–Trinajstić information content (AvgIpc) is 3.17. The molecular formula is C20H31N7O3S. The van der Waals surface area contributed by atoms with Gasteiger partial charge in [-0.25, -0.2) is 13.1 Å². The van der Waals surface area contributed by atoms with Gasteiger partial charge >= 0.3 is 0 Å². The van der Waals surface area contributed by atoms with Gasteiger partial charge < -0.3 is 4.90 Å². The number of carbonyl (C=O) groups excluding carboxylic acids is 1. The fourth-order valence-corrected chi connectivity index (χ4v) is 5.39. The van der Waals surface area contributed by atoms with E-state index in [1.54, 1.807) is 32.7 Å². The topological polar surface area (TPSA) is 115 Å². The standard InChI is InChI=1S/C20H31N7O3S/c1-13(2)27-12-18(21-24-27)17-8-7-10-26(11-9-17)20(28)15(4)23-31(29,30)19-14(3)22-25(6)16(19)5/h8,12-13,15,23H,7,9-11H2,1-6H3. The highest BCUT2D eigenvalue weighted by Crippen LogP contribution is 2.22. The number of hydrogen-bond acceptors (Lipinski definition) is 6. The molecule has 1 amide bonds. The van der Waals surface area contributed by atoms with Crippen molar-refractivity contribution >= 4 is 21.5 Å². The molecule has 3 rings (SSSR count). The second-order valence-corrected chi connectivity index (χ2v) is 9.89. The summed E-state index contributed by atoms with van der Waals surface area (Å²) in [4.78, 5) is 14.8. The van der Waals surface area contributed by atoms with Gasteiger partial charge in [0.25, 0.3) is 0 Å². The molecule has 0 aromatic carbocycles. The molecule has 0 saturated heterocycles. The first-order valence-electron chi connectivity index (χ1n) is 10.4. The van der Waals surface area contributed by atoms with Gasteiger partial charge in [0, 0.05) is 26.2 Å². The first kappa shape index (κ1) is 23.1. The van der Waals surface area contributed by atoms with Crippen LogP contribution in [0.4, 0.5) is 0 Å². The van der Waals surface area contributed by atoms with E-state index in [4.69, 9.17) is 0 Å². The normalized spacial score (nSPS) is 16.4. The molecule has 0 bridgehead atoms. The number of rotatable bonds is 6. The Balaban J connectivity index is 1.66. The summed E-state index contributed by atoms with van der Waals surface area (Å²) in [6.07, 6.45) is 5.32. The SMILES string of the molecule is Cc1nn(C)c(C)c1S(=O)(=O)NC(C)C(=O)N1CCC=C(c2cn(C(C)C)nn2)CC1. The minimum absolute atomic E-state index is 0.128. The highest BCUT2D eigenvalue weighted by molar-refractivity contribution is 7.89. The molecule has 2 aromatic rings. The first-order valence-corrected chi connectivity index (χ1v) is 11.9. The minimum atomic E-state index is -3.87. The van der Waals surface area contributed by atoms with E-state index < -0.39 is 16.1 Å². The maximum atomic E-state index is 13.0. The molecule has 3 heterocycles. The lowest BCUT2D eigenvalue weighted by Gasteiger charge is -2.24. The van der Waals surface area contributed by atoms with Gasteiger partial charge in [-0.1, -0.05) is 11.3 Å². The lowest BCUT2D eigenvalue weighted by molar-refractivity contribution is -0.132. The van der Waals surface area contributed by atoms with Crippen LogP contribution in [0.3, 0.4) is 0 Å². The summed E-state index contributed by atoms with van der Waals surface area (Å²) in [6.45, 7) is 10.0. The zero-order valence-electron chi connectivity index (χ0n) is 19.0. The summed E-state index contributed by atoms with van der Waals surface area (Å²) < 4.78 is 31.6. The lowest BCUT2D eigenvalue weighted by Crippen LogP contribution is -2.47. The zero-order valence-corrected chi connectivity index (χ0v) is 19.8. The fourth-order valence-electron chi connectivity index (χ4n) is 3.75. The fraction of sp³-hybridized carbons (Fsp3) is 0.600. The summed E-state index contributed by atoms with van der Waals surface area (Å²) in [5.74, 6) is -0.247. The molecule has 10 nitrogen and oxygen atoms in total. The Morgan fingerprint density at radius 1 is 1.19 bits per heavy atom. The molecule has 2 aromatic heterocycles. The molecule has 0 fully saturated rings. The molecule has 0 spiro atoms. The van der Waals surface area contributed by atoms with Crippen molar-refractivity contribution < 1.29 is 13.2 Å². The maximum Gasteiger partial charge on any atom is 0.244 e. The second-order valence-electron chi connectivity index (χ2n) is 8.24. The Hall–Kier alpha value is -2.53. The van der Waals surface area contributed by atoms with Crippen molar-refractivity contribution in [3.8, 4) is 0 Å². The Labute approximate surface area is 183 Å². The van der Waals surface area contributed by atoms with Crippen LogP contribution in [0.5, 0.6) is 0 Å². The van der Waals surface area contributed by atoms with Gasteiger partial charge in [-0.3, -0.25) is 9.48 Å². The molecule has 0 saturated carbocycles. The Kier molecular flexibility index (Phi) is 6.65. The van der Waals surface area contributed by atoms with Crippen LogP contribution in [0.2, 0.25) is 0 Å². The Morgan fingerprint density at radius 2 is 1.90 bits per heavy atom. The van der Waals surface area contributed by atoms with Crippen LogP contribution >= 0.6 is 0 Å². The number of carbonyl (C=O) groups is 1. The summed E-state index contributed by atoms with van der Waals surface area (Å²) in [5.41, 5.74) is 2.81. The predicted octanol–water partition coefficient (Wildman–Crippen LogP) is 1.58. The van der Waals surface area contributed by atoms with Crippen molar-refractivity contribution in [2.24, 2.45) is 7.05 Å². The minimum Gasteiger partial charge on any atom is -0.341 e. The number of amides is 1. The molecule has 1 atom stereocenters. The van der Waals surface area contributed by atoms with E-state index in [2.05, 4.69) is 26.2 Å². The smallest absolute Gasteiger partial charge is 0.244 e.